The van der Waals surface area contributed by atoms with Gasteiger partial charge in [0.25, 0.3) is 0 Å². The number of phenols is 1. The van der Waals surface area contributed by atoms with Gasteiger partial charge in [0.1, 0.15) is 22.7 Å². The number of carboxylic acid groups (broad SMARTS) is 1. The maximum Gasteiger partial charge on any atom is 0.339 e. The number of allylic oxidation sites excluding steroid dienone is 2. The summed E-state index contributed by atoms with van der Waals surface area (Å²) in [5.74, 6) is -0.338. The molecule has 0 fully saturated rings. The SMILES string of the molecule is CCc1cc2c(c(O)c1C(=O)O)C1C=C(C)CCC1C(C)(C)O2. The Morgan fingerprint density at radius 2 is 2.13 bits per heavy atom. The van der Waals surface area contributed by atoms with E-state index in [1.54, 1.807) is 6.07 Å². The molecule has 1 aliphatic carbocycles. The van der Waals surface area contributed by atoms with Gasteiger partial charge in [-0.3, -0.25) is 0 Å². The van der Waals surface area contributed by atoms with Crippen LogP contribution >= 0.6 is 0 Å². The molecule has 0 amide bonds. The number of carbonyl (C=O) groups is 1. The Balaban J connectivity index is 2.28. The lowest BCUT2D eigenvalue weighted by Crippen LogP contribution is -2.45. The summed E-state index contributed by atoms with van der Waals surface area (Å²) >= 11 is 0. The highest BCUT2D eigenvalue weighted by molar-refractivity contribution is 5.94. The van der Waals surface area contributed by atoms with Crippen LogP contribution in [0.15, 0.2) is 17.7 Å². The lowest BCUT2D eigenvalue weighted by molar-refractivity contribution is 0.0106. The highest BCUT2D eigenvalue weighted by atomic mass is 16.5. The molecule has 0 bridgehead atoms. The zero-order valence-corrected chi connectivity index (χ0v) is 14.1. The maximum atomic E-state index is 11.6. The molecule has 1 aromatic rings. The average molecular weight is 316 g/mol. The topological polar surface area (TPSA) is 66.8 Å². The van der Waals surface area contributed by atoms with Gasteiger partial charge in [0.15, 0.2) is 0 Å². The number of carboxylic acids is 1. The first kappa shape index (κ1) is 15.9. The molecule has 2 atom stereocenters. The zero-order valence-electron chi connectivity index (χ0n) is 14.1. The number of fused-ring (bicyclic) bond motifs is 3. The Kier molecular flexibility index (Phi) is 3.66. The second kappa shape index (κ2) is 5.29. The van der Waals surface area contributed by atoms with Gasteiger partial charge in [0.05, 0.1) is 0 Å². The number of aromatic carboxylic acids is 1. The van der Waals surface area contributed by atoms with Crippen LogP contribution in [0.4, 0.5) is 0 Å². The Bertz CT molecular complexity index is 700. The van der Waals surface area contributed by atoms with Crippen LogP contribution in [0.1, 0.15) is 67.9 Å². The Morgan fingerprint density at radius 1 is 1.43 bits per heavy atom. The summed E-state index contributed by atoms with van der Waals surface area (Å²) in [6.07, 6.45) is 4.71. The van der Waals surface area contributed by atoms with Crippen LogP contribution < -0.4 is 4.74 Å². The molecular weight excluding hydrogens is 292 g/mol. The van der Waals surface area contributed by atoms with Gasteiger partial charge in [-0.1, -0.05) is 18.6 Å². The second-order valence-electron chi connectivity index (χ2n) is 7.22. The highest BCUT2D eigenvalue weighted by Gasteiger charge is 2.46. The average Bonchev–Trinajstić information content (AvgIpc) is 2.44. The number of ether oxygens (including phenoxy) is 1. The summed E-state index contributed by atoms with van der Waals surface area (Å²) in [4.78, 5) is 11.6. The van der Waals surface area contributed by atoms with Gasteiger partial charge in [0.2, 0.25) is 0 Å². The molecule has 2 unspecified atom stereocenters. The van der Waals surface area contributed by atoms with E-state index in [-0.39, 0.29) is 28.7 Å². The zero-order chi connectivity index (χ0) is 16.9. The predicted molar refractivity (Wildman–Crippen MR) is 88.4 cm³/mol. The monoisotopic (exact) mass is 316 g/mol. The Labute approximate surface area is 136 Å². The first-order valence-electron chi connectivity index (χ1n) is 8.24. The van der Waals surface area contributed by atoms with Crippen molar-refractivity contribution < 1.29 is 19.7 Å². The molecule has 3 rings (SSSR count). The molecular formula is C19H24O4. The van der Waals surface area contributed by atoms with Crippen molar-refractivity contribution in [2.24, 2.45) is 5.92 Å². The second-order valence-corrected chi connectivity index (χ2v) is 7.22. The van der Waals surface area contributed by atoms with Gasteiger partial charge in [-0.05, 0) is 51.7 Å². The van der Waals surface area contributed by atoms with Crippen LogP contribution in [-0.2, 0) is 6.42 Å². The molecule has 124 valence electrons. The molecule has 2 N–H and O–H groups in total. The minimum atomic E-state index is -1.08. The summed E-state index contributed by atoms with van der Waals surface area (Å²) in [6.45, 7) is 8.13. The van der Waals surface area contributed by atoms with Gasteiger partial charge in [-0.25, -0.2) is 4.79 Å². The molecule has 4 heteroatoms. The van der Waals surface area contributed by atoms with E-state index in [0.717, 1.165) is 12.8 Å². The number of benzene rings is 1. The quantitative estimate of drug-likeness (QED) is 0.800. The van der Waals surface area contributed by atoms with Crippen LogP contribution in [0.2, 0.25) is 0 Å². The van der Waals surface area contributed by atoms with Crippen molar-refractivity contribution in [2.45, 2.75) is 58.5 Å². The smallest absolute Gasteiger partial charge is 0.339 e. The summed E-state index contributed by atoms with van der Waals surface area (Å²) in [5, 5.41) is 20.2. The highest BCUT2D eigenvalue weighted by Crippen LogP contribution is 2.54. The standard InChI is InChI=1S/C19H24O4/c1-5-11-9-14-16(17(20)15(11)18(21)22)12-8-10(2)6-7-13(12)19(3,4)23-14/h8-9,12-13,20H,5-7H2,1-4H3,(H,21,22). The van der Waals surface area contributed by atoms with E-state index < -0.39 is 5.97 Å². The summed E-state index contributed by atoms with van der Waals surface area (Å²) < 4.78 is 6.20. The van der Waals surface area contributed by atoms with Crippen molar-refractivity contribution in [1.82, 2.24) is 0 Å². The van der Waals surface area contributed by atoms with Gasteiger partial charge in [-0.2, -0.15) is 0 Å². The number of aryl methyl sites for hydroxylation is 1. The van der Waals surface area contributed by atoms with E-state index in [4.69, 9.17) is 4.74 Å². The number of hydrogen-bond donors (Lipinski definition) is 2. The molecule has 1 aliphatic heterocycles. The normalized spacial score (nSPS) is 25.0. The fraction of sp³-hybridized carbons (Fsp3) is 0.526. The Morgan fingerprint density at radius 3 is 2.74 bits per heavy atom. The van der Waals surface area contributed by atoms with E-state index in [1.165, 1.54) is 5.57 Å². The van der Waals surface area contributed by atoms with E-state index in [1.807, 2.05) is 6.92 Å². The van der Waals surface area contributed by atoms with Crippen LogP contribution in [0.5, 0.6) is 11.5 Å². The third-order valence-electron chi connectivity index (χ3n) is 5.33. The summed E-state index contributed by atoms with van der Waals surface area (Å²) in [7, 11) is 0. The van der Waals surface area contributed by atoms with E-state index >= 15 is 0 Å². The van der Waals surface area contributed by atoms with Crippen molar-refractivity contribution in [3.8, 4) is 11.5 Å². The van der Waals surface area contributed by atoms with Gasteiger partial charge >= 0.3 is 5.97 Å². The molecule has 1 aromatic carbocycles. The molecule has 0 saturated heterocycles. The van der Waals surface area contributed by atoms with Crippen LogP contribution in [0, 0.1) is 5.92 Å². The lowest BCUT2D eigenvalue weighted by Gasteiger charge is -2.46. The maximum absolute atomic E-state index is 11.6. The van der Waals surface area contributed by atoms with Gasteiger partial charge in [-0.15, -0.1) is 0 Å². The number of hydrogen-bond acceptors (Lipinski definition) is 3. The predicted octanol–water partition coefficient (Wildman–Crippen LogP) is 4.26. The minimum absolute atomic E-state index is 0.00602. The first-order chi connectivity index (χ1) is 10.8. The Hall–Kier alpha value is -1.97. The minimum Gasteiger partial charge on any atom is -0.507 e. The molecule has 2 aliphatic rings. The largest absolute Gasteiger partial charge is 0.507 e. The van der Waals surface area contributed by atoms with Gasteiger partial charge < -0.3 is 14.9 Å². The molecule has 0 radical (unpaired) electrons. The molecule has 4 nitrogen and oxygen atoms in total. The van der Waals surface area contributed by atoms with Crippen molar-refractivity contribution >= 4 is 5.97 Å². The third-order valence-corrected chi connectivity index (χ3v) is 5.33. The van der Waals surface area contributed by atoms with Crippen molar-refractivity contribution in [3.05, 3.63) is 34.4 Å². The van der Waals surface area contributed by atoms with Gasteiger partial charge in [0, 0.05) is 17.4 Å². The molecule has 1 heterocycles. The van der Waals surface area contributed by atoms with Crippen LogP contribution in [0.25, 0.3) is 0 Å². The summed E-state index contributed by atoms with van der Waals surface area (Å²) in [5.41, 5.74) is 2.22. The number of rotatable bonds is 2. The van der Waals surface area contributed by atoms with E-state index in [9.17, 15) is 15.0 Å². The number of aromatic hydroxyl groups is 1. The van der Waals surface area contributed by atoms with Crippen molar-refractivity contribution in [1.29, 1.82) is 0 Å². The molecule has 0 aromatic heterocycles. The third kappa shape index (κ3) is 2.41. The fourth-order valence-corrected chi connectivity index (χ4v) is 4.13. The molecule has 23 heavy (non-hydrogen) atoms. The summed E-state index contributed by atoms with van der Waals surface area (Å²) in [6, 6.07) is 1.80. The van der Waals surface area contributed by atoms with E-state index in [0.29, 0.717) is 23.3 Å². The molecule has 0 saturated carbocycles. The van der Waals surface area contributed by atoms with E-state index in [2.05, 4.69) is 26.8 Å². The first-order valence-corrected chi connectivity index (χ1v) is 8.24. The lowest BCUT2D eigenvalue weighted by atomic mass is 9.67. The van der Waals surface area contributed by atoms with Crippen molar-refractivity contribution in [3.63, 3.8) is 0 Å². The van der Waals surface area contributed by atoms with Crippen LogP contribution in [-0.4, -0.2) is 21.8 Å². The van der Waals surface area contributed by atoms with Crippen LogP contribution in [0.3, 0.4) is 0 Å². The fourth-order valence-electron chi connectivity index (χ4n) is 4.13. The van der Waals surface area contributed by atoms with Crippen molar-refractivity contribution in [2.75, 3.05) is 0 Å². The molecule has 0 spiro atoms.